The first kappa shape index (κ1) is 19.6. The van der Waals surface area contributed by atoms with Crippen molar-refractivity contribution in [3.63, 3.8) is 0 Å². The normalized spacial score (nSPS) is 10.4. The van der Waals surface area contributed by atoms with Gasteiger partial charge in [0.2, 0.25) is 5.95 Å². The summed E-state index contributed by atoms with van der Waals surface area (Å²) in [5, 5.41) is 6.65. The Hall–Kier alpha value is -3.12. The van der Waals surface area contributed by atoms with E-state index in [2.05, 4.69) is 20.6 Å². The van der Waals surface area contributed by atoms with E-state index in [1.165, 1.54) is 12.4 Å². The molecule has 3 aromatic rings. The van der Waals surface area contributed by atoms with Crippen molar-refractivity contribution in [3.8, 4) is 5.75 Å². The number of nitrogens with one attached hydrogen (secondary N) is 2. The number of rotatable bonds is 8. The van der Waals surface area contributed by atoms with Crippen LogP contribution in [0, 0.1) is 0 Å². The summed E-state index contributed by atoms with van der Waals surface area (Å²) in [6.45, 7) is 1.02. The Morgan fingerprint density at radius 3 is 2.64 bits per heavy atom. The Bertz CT molecular complexity index is 932. The molecule has 0 bridgehead atoms. The number of nitrogens with zero attached hydrogens (tertiary/aromatic N) is 2. The molecule has 0 saturated carbocycles. The van der Waals surface area contributed by atoms with Crippen LogP contribution >= 0.6 is 11.6 Å². The maximum absolute atomic E-state index is 12.2. The Kier molecular flexibility index (Phi) is 6.81. The number of carbonyl (C=O) groups excluding carboxylic acids is 1. The maximum atomic E-state index is 12.2. The van der Waals surface area contributed by atoms with Crippen LogP contribution in [0.4, 0.5) is 5.95 Å². The van der Waals surface area contributed by atoms with Gasteiger partial charge in [0.1, 0.15) is 5.75 Å². The maximum Gasteiger partial charge on any atom is 0.254 e. The molecule has 0 saturated heterocycles. The largest absolute Gasteiger partial charge is 0.497 e. The third-order valence-electron chi connectivity index (χ3n) is 4.14. The minimum Gasteiger partial charge on any atom is -0.497 e. The van der Waals surface area contributed by atoms with Gasteiger partial charge in [-0.15, -0.1) is 0 Å². The number of hydrogen-bond acceptors (Lipinski definition) is 5. The second-order valence-corrected chi connectivity index (χ2v) is 6.50. The van der Waals surface area contributed by atoms with Gasteiger partial charge in [0.05, 0.1) is 12.7 Å². The number of amides is 1. The second kappa shape index (κ2) is 9.71. The first-order valence-corrected chi connectivity index (χ1v) is 9.24. The number of aromatic nitrogens is 2. The number of anilines is 1. The Balaban J connectivity index is 1.48. The number of halogens is 1. The summed E-state index contributed by atoms with van der Waals surface area (Å²) in [6, 6.07) is 15.3. The highest BCUT2D eigenvalue weighted by Gasteiger charge is 2.07. The molecule has 1 amide bonds. The van der Waals surface area contributed by atoms with E-state index in [1.807, 2.05) is 48.5 Å². The number of carbonyl (C=O) groups is 1. The molecule has 2 aromatic carbocycles. The zero-order valence-electron chi connectivity index (χ0n) is 15.5. The molecule has 0 aliphatic heterocycles. The van der Waals surface area contributed by atoms with Crippen LogP contribution in [0.1, 0.15) is 21.5 Å². The summed E-state index contributed by atoms with van der Waals surface area (Å²) in [5.41, 5.74) is 2.45. The van der Waals surface area contributed by atoms with Crippen LogP contribution in [0.25, 0.3) is 0 Å². The highest BCUT2D eigenvalue weighted by Crippen LogP contribution is 2.16. The van der Waals surface area contributed by atoms with E-state index in [-0.39, 0.29) is 5.91 Å². The molecular formula is C21H21ClN4O2. The predicted octanol–water partition coefficient (Wildman–Crippen LogP) is 3.72. The average molecular weight is 397 g/mol. The highest BCUT2D eigenvalue weighted by atomic mass is 35.5. The van der Waals surface area contributed by atoms with Crippen LogP contribution < -0.4 is 15.4 Å². The van der Waals surface area contributed by atoms with Gasteiger partial charge in [-0.25, -0.2) is 9.97 Å². The van der Waals surface area contributed by atoms with Crippen LogP contribution in [-0.2, 0) is 13.0 Å². The third-order valence-corrected chi connectivity index (χ3v) is 4.51. The molecule has 7 heteroatoms. The lowest BCUT2D eigenvalue weighted by Crippen LogP contribution is -2.26. The fourth-order valence-corrected chi connectivity index (χ4v) is 2.81. The molecule has 0 spiro atoms. The average Bonchev–Trinajstić information content (AvgIpc) is 2.73. The van der Waals surface area contributed by atoms with Crippen molar-refractivity contribution < 1.29 is 9.53 Å². The summed E-state index contributed by atoms with van der Waals surface area (Å²) >= 11 is 6.13. The molecule has 1 heterocycles. The second-order valence-electron chi connectivity index (χ2n) is 6.10. The van der Waals surface area contributed by atoms with Crippen LogP contribution in [0.15, 0.2) is 60.9 Å². The van der Waals surface area contributed by atoms with Gasteiger partial charge in [0.25, 0.3) is 5.91 Å². The molecule has 1 aromatic heterocycles. The molecular weight excluding hydrogens is 376 g/mol. The summed E-state index contributed by atoms with van der Waals surface area (Å²) in [4.78, 5) is 20.6. The minimum atomic E-state index is -0.208. The van der Waals surface area contributed by atoms with Crippen molar-refractivity contribution in [2.24, 2.45) is 0 Å². The van der Waals surface area contributed by atoms with Gasteiger partial charge in [-0.2, -0.15) is 0 Å². The lowest BCUT2D eigenvalue weighted by Gasteiger charge is -2.08. The molecule has 2 N–H and O–H groups in total. The quantitative estimate of drug-likeness (QED) is 0.606. The zero-order valence-corrected chi connectivity index (χ0v) is 16.2. The minimum absolute atomic E-state index is 0.208. The lowest BCUT2D eigenvalue weighted by molar-refractivity contribution is 0.0953. The standard InChI is InChI=1S/C21H21ClN4O2/c1-28-18-7-4-5-15(11-18)9-10-23-20(27)17-13-25-21(26-14-17)24-12-16-6-2-3-8-19(16)22/h2-8,11,13-14H,9-10,12H2,1H3,(H,23,27)(H,24,25,26). The topological polar surface area (TPSA) is 76.1 Å². The van der Waals surface area contributed by atoms with Crippen molar-refractivity contribution in [1.82, 2.24) is 15.3 Å². The van der Waals surface area contributed by atoms with Crippen molar-refractivity contribution in [1.29, 1.82) is 0 Å². The number of methoxy groups -OCH3 is 1. The van der Waals surface area contributed by atoms with Gasteiger partial charge < -0.3 is 15.4 Å². The molecule has 0 radical (unpaired) electrons. The predicted molar refractivity (Wildman–Crippen MR) is 110 cm³/mol. The first-order chi connectivity index (χ1) is 13.7. The van der Waals surface area contributed by atoms with Gasteiger partial charge >= 0.3 is 0 Å². The fraction of sp³-hybridized carbons (Fsp3) is 0.190. The molecule has 0 aliphatic rings. The zero-order chi connectivity index (χ0) is 19.8. The van der Waals surface area contributed by atoms with Crippen LogP contribution in [0.5, 0.6) is 5.75 Å². The molecule has 28 heavy (non-hydrogen) atoms. The van der Waals surface area contributed by atoms with Gasteiger partial charge in [0, 0.05) is 30.5 Å². The van der Waals surface area contributed by atoms with E-state index >= 15 is 0 Å². The molecule has 144 valence electrons. The van der Waals surface area contributed by atoms with Crippen molar-refractivity contribution in [3.05, 3.63) is 82.6 Å². The molecule has 3 rings (SSSR count). The molecule has 0 fully saturated rings. The van der Waals surface area contributed by atoms with E-state index in [4.69, 9.17) is 16.3 Å². The molecule has 0 atom stereocenters. The van der Waals surface area contributed by atoms with Crippen molar-refractivity contribution in [2.45, 2.75) is 13.0 Å². The van der Waals surface area contributed by atoms with E-state index in [9.17, 15) is 4.79 Å². The summed E-state index contributed by atoms with van der Waals surface area (Å²) in [7, 11) is 1.63. The van der Waals surface area contributed by atoms with E-state index in [0.29, 0.717) is 36.0 Å². The molecule has 6 nitrogen and oxygen atoms in total. The van der Waals surface area contributed by atoms with E-state index in [0.717, 1.165) is 16.9 Å². The monoisotopic (exact) mass is 396 g/mol. The van der Waals surface area contributed by atoms with Crippen LogP contribution in [0.2, 0.25) is 5.02 Å². The Morgan fingerprint density at radius 2 is 1.89 bits per heavy atom. The number of ether oxygens (including phenoxy) is 1. The third kappa shape index (κ3) is 5.44. The first-order valence-electron chi connectivity index (χ1n) is 8.86. The Morgan fingerprint density at radius 1 is 1.11 bits per heavy atom. The van der Waals surface area contributed by atoms with E-state index in [1.54, 1.807) is 7.11 Å². The van der Waals surface area contributed by atoms with Crippen molar-refractivity contribution in [2.75, 3.05) is 19.0 Å². The molecule has 0 unspecified atom stereocenters. The lowest BCUT2D eigenvalue weighted by atomic mass is 10.1. The van der Waals surface area contributed by atoms with Gasteiger partial charge in [-0.05, 0) is 35.7 Å². The highest BCUT2D eigenvalue weighted by molar-refractivity contribution is 6.31. The molecule has 0 aliphatic carbocycles. The summed E-state index contributed by atoms with van der Waals surface area (Å²) in [5.74, 6) is 1.03. The van der Waals surface area contributed by atoms with Crippen LogP contribution in [-0.4, -0.2) is 29.5 Å². The van der Waals surface area contributed by atoms with Crippen LogP contribution in [0.3, 0.4) is 0 Å². The van der Waals surface area contributed by atoms with Gasteiger partial charge in [-0.3, -0.25) is 4.79 Å². The van der Waals surface area contributed by atoms with E-state index < -0.39 is 0 Å². The number of benzene rings is 2. The van der Waals surface area contributed by atoms with Gasteiger partial charge in [-0.1, -0.05) is 41.9 Å². The van der Waals surface area contributed by atoms with Crippen molar-refractivity contribution >= 4 is 23.5 Å². The Labute approximate surface area is 168 Å². The fourth-order valence-electron chi connectivity index (χ4n) is 2.60. The van der Waals surface area contributed by atoms with Gasteiger partial charge in [0.15, 0.2) is 0 Å². The number of hydrogen-bond donors (Lipinski definition) is 2. The summed E-state index contributed by atoms with van der Waals surface area (Å²) < 4.78 is 5.20. The summed E-state index contributed by atoms with van der Waals surface area (Å²) in [6.07, 6.45) is 3.72. The SMILES string of the molecule is COc1cccc(CCNC(=O)c2cnc(NCc3ccccc3Cl)nc2)c1. The smallest absolute Gasteiger partial charge is 0.254 e.